The Morgan fingerprint density at radius 3 is 2.36 bits per heavy atom. The summed E-state index contributed by atoms with van der Waals surface area (Å²) in [6, 6.07) is 10.2. The number of carbonyl (C=O) groups is 2. The van der Waals surface area contributed by atoms with Crippen molar-refractivity contribution < 1.29 is 14.3 Å². The van der Waals surface area contributed by atoms with Crippen LogP contribution in [0.1, 0.15) is 0 Å². The molecule has 0 spiro atoms. The third kappa shape index (κ3) is 4.29. The van der Waals surface area contributed by atoms with Crippen LogP contribution >= 0.6 is 0 Å². The summed E-state index contributed by atoms with van der Waals surface area (Å²) < 4.78 is 4.99. The van der Waals surface area contributed by atoms with Gasteiger partial charge in [0.15, 0.2) is 0 Å². The summed E-state index contributed by atoms with van der Waals surface area (Å²) in [6.07, 6.45) is 0. The first-order valence-electron chi connectivity index (χ1n) is 8.79. The molecule has 7 heteroatoms. The summed E-state index contributed by atoms with van der Waals surface area (Å²) >= 11 is 0. The standard InChI is InChI=1S/C18H26N4O3/c1-25-14-13-21-15-17(23)22(18(21)24)12-9-19-7-10-20(11-8-19)16-5-3-2-4-6-16/h2-6H,7-15H2,1H3. The average molecular weight is 346 g/mol. The van der Waals surface area contributed by atoms with Gasteiger partial charge in [-0.05, 0) is 12.1 Å². The molecule has 0 radical (unpaired) electrons. The highest BCUT2D eigenvalue weighted by molar-refractivity contribution is 6.01. The van der Waals surface area contributed by atoms with Crippen LogP contribution < -0.4 is 4.90 Å². The van der Waals surface area contributed by atoms with Crippen molar-refractivity contribution in [3.8, 4) is 0 Å². The number of urea groups is 1. The predicted molar refractivity (Wildman–Crippen MR) is 95.7 cm³/mol. The van der Waals surface area contributed by atoms with Gasteiger partial charge < -0.3 is 14.5 Å². The Kier molecular flexibility index (Phi) is 5.88. The number of hydrogen-bond donors (Lipinski definition) is 0. The van der Waals surface area contributed by atoms with Crippen molar-refractivity contribution >= 4 is 17.6 Å². The number of anilines is 1. The number of rotatable bonds is 7. The highest BCUT2D eigenvalue weighted by Gasteiger charge is 2.35. The minimum absolute atomic E-state index is 0.107. The molecule has 0 bridgehead atoms. The van der Waals surface area contributed by atoms with Gasteiger partial charge in [-0.25, -0.2) is 4.79 Å². The molecule has 0 aromatic heterocycles. The Morgan fingerprint density at radius 1 is 0.960 bits per heavy atom. The number of carbonyl (C=O) groups excluding carboxylic acids is 2. The number of amides is 3. The summed E-state index contributed by atoms with van der Waals surface area (Å²) in [6.45, 7) is 6.10. The molecule has 3 amide bonds. The lowest BCUT2D eigenvalue weighted by Crippen LogP contribution is -2.49. The molecule has 2 aliphatic rings. The molecule has 2 fully saturated rings. The minimum atomic E-state index is -0.190. The molecule has 0 unspecified atom stereocenters. The monoisotopic (exact) mass is 346 g/mol. The highest BCUT2D eigenvalue weighted by atomic mass is 16.5. The average Bonchev–Trinajstić information content (AvgIpc) is 2.92. The van der Waals surface area contributed by atoms with Crippen molar-refractivity contribution in [1.82, 2.24) is 14.7 Å². The van der Waals surface area contributed by atoms with Crippen LogP contribution in [-0.4, -0.2) is 92.7 Å². The van der Waals surface area contributed by atoms with Gasteiger partial charge in [0.05, 0.1) is 6.61 Å². The molecule has 2 aliphatic heterocycles. The van der Waals surface area contributed by atoms with Crippen LogP contribution in [0, 0.1) is 0 Å². The molecule has 1 aromatic carbocycles. The normalized spacial score (nSPS) is 19.2. The molecule has 3 rings (SSSR count). The number of nitrogens with zero attached hydrogens (tertiary/aromatic N) is 4. The van der Waals surface area contributed by atoms with E-state index in [1.807, 2.05) is 6.07 Å². The number of imide groups is 1. The lowest BCUT2D eigenvalue weighted by molar-refractivity contribution is -0.125. The second-order valence-electron chi connectivity index (χ2n) is 6.41. The zero-order valence-corrected chi connectivity index (χ0v) is 14.8. The van der Waals surface area contributed by atoms with Gasteiger partial charge in [0.25, 0.3) is 0 Å². The van der Waals surface area contributed by atoms with Crippen molar-refractivity contribution in [3.63, 3.8) is 0 Å². The van der Waals surface area contributed by atoms with E-state index < -0.39 is 0 Å². The molecule has 1 aromatic rings. The zero-order valence-electron chi connectivity index (χ0n) is 14.8. The van der Waals surface area contributed by atoms with E-state index in [4.69, 9.17) is 4.74 Å². The molecule has 0 aliphatic carbocycles. The van der Waals surface area contributed by atoms with Crippen molar-refractivity contribution in [2.24, 2.45) is 0 Å². The minimum Gasteiger partial charge on any atom is -0.383 e. The lowest BCUT2D eigenvalue weighted by atomic mass is 10.2. The van der Waals surface area contributed by atoms with Crippen LogP contribution in [-0.2, 0) is 9.53 Å². The number of methoxy groups -OCH3 is 1. The van der Waals surface area contributed by atoms with Crippen LogP contribution in [0.15, 0.2) is 30.3 Å². The molecular formula is C18H26N4O3. The van der Waals surface area contributed by atoms with Crippen molar-refractivity contribution in [2.75, 3.05) is 71.0 Å². The van der Waals surface area contributed by atoms with Gasteiger partial charge in [-0.3, -0.25) is 14.6 Å². The first-order chi connectivity index (χ1) is 12.2. The van der Waals surface area contributed by atoms with Crippen molar-refractivity contribution in [3.05, 3.63) is 30.3 Å². The smallest absolute Gasteiger partial charge is 0.327 e. The molecule has 136 valence electrons. The van der Waals surface area contributed by atoms with E-state index in [0.717, 1.165) is 32.7 Å². The van der Waals surface area contributed by atoms with Gasteiger partial charge in [-0.15, -0.1) is 0 Å². The Bertz CT molecular complexity index is 587. The summed E-state index contributed by atoms with van der Waals surface area (Å²) in [4.78, 5) is 32.0. The third-order valence-electron chi connectivity index (χ3n) is 4.83. The molecule has 2 heterocycles. The van der Waals surface area contributed by atoms with E-state index in [1.165, 1.54) is 10.6 Å². The van der Waals surface area contributed by atoms with Crippen LogP contribution in [0.2, 0.25) is 0 Å². The maximum Gasteiger partial charge on any atom is 0.327 e. The largest absolute Gasteiger partial charge is 0.383 e. The fraction of sp³-hybridized carbons (Fsp3) is 0.556. The molecule has 0 saturated carbocycles. The maximum atomic E-state index is 12.3. The third-order valence-corrected chi connectivity index (χ3v) is 4.83. The van der Waals surface area contributed by atoms with Gasteiger partial charge >= 0.3 is 6.03 Å². The number of piperazine rings is 1. The molecule has 0 atom stereocenters. The molecule has 25 heavy (non-hydrogen) atoms. The van der Waals surface area contributed by atoms with Crippen LogP contribution in [0.25, 0.3) is 0 Å². The Labute approximate surface area is 148 Å². The summed E-state index contributed by atoms with van der Waals surface area (Å²) in [5.74, 6) is -0.107. The summed E-state index contributed by atoms with van der Waals surface area (Å²) in [7, 11) is 1.59. The van der Waals surface area contributed by atoms with Gasteiger partial charge in [-0.1, -0.05) is 18.2 Å². The van der Waals surface area contributed by atoms with Crippen molar-refractivity contribution in [1.29, 1.82) is 0 Å². The van der Waals surface area contributed by atoms with Gasteiger partial charge in [-0.2, -0.15) is 0 Å². The van der Waals surface area contributed by atoms with Gasteiger partial charge in [0.1, 0.15) is 6.54 Å². The van der Waals surface area contributed by atoms with E-state index >= 15 is 0 Å². The maximum absolute atomic E-state index is 12.3. The van der Waals surface area contributed by atoms with Gasteiger partial charge in [0, 0.05) is 58.6 Å². The molecule has 7 nitrogen and oxygen atoms in total. The first-order valence-corrected chi connectivity index (χ1v) is 8.79. The first kappa shape index (κ1) is 17.7. The Hall–Kier alpha value is -2.12. The summed E-state index contributed by atoms with van der Waals surface area (Å²) in [5.41, 5.74) is 1.25. The lowest BCUT2D eigenvalue weighted by Gasteiger charge is -2.36. The van der Waals surface area contributed by atoms with E-state index in [-0.39, 0.29) is 18.5 Å². The highest BCUT2D eigenvalue weighted by Crippen LogP contribution is 2.16. The number of benzene rings is 1. The quantitative estimate of drug-likeness (QED) is 0.681. The summed E-state index contributed by atoms with van der Waals surface area (Å²) in [5, 5.41) is 0. The molecular weight excluding hydrogens is 320 g/mol. The van der Waals surface area contributed by atoms with Crippen molar-refractivity contribution in [2.45, 2.75) is 0 Å². The predicted octanol–water partition coefficient (Wildman–Crippen LogP) is 0.719. The SMILES string of the molecule is COCCN1CC(=O)N(CCN2CCN(c3ccccc3)CC2)C1=O. The van der Waals surface area contributed by atoms with Gasteiger partial charge in [0.2, 0.25) is 5.91 Å². The second kappa shape index (κ2) is 8.31. The zero-order chi connectivity index (χ0) is 17.6. The number of hydrogen-bond acceptors (Lipinski definition) is 5. The molecule has 0 N–H and O–H groups in total. The Balaban J connectivity index is 1.44. The van der Waals surface area contributed by atoms with Crippen LogP contribution in [0.5, 0.6) is 0 Å². The fourth-order valence-corrected chi connectivity index (χ4v) is 3.30. The number of ether oxygens (including phenoxy) is 1. The second-order valence-corrected chi connectivity index (χ2v) is 6.41. The Morgan fingerprint density at radius 2 is 1.68 bits per heavy atom. The topological polar surface area (TPSA) is 56.3 Å². The van der Waals surface area contributed by atoms with E-state index in [2.05, 4.69) is 34.1 Å². The van der Waals surface area contributed by atoms with Crippen LogP contribution in [0.3, 0.4) is 0 Å². The van der Waals surface area contributed by atoms with E-state index in [9.17, 15) is 9.59 Å². The molecule has 2 saturated heterocycles. The van der Waals surface area contributed by atoms with Crippen LogP contribution in [0.4, 0.5) is 10.5 Å². The fourth-order valence-electron chi connectivity index (χ4n) is 3.30. The van der Waals surface area contributed by atoms with E-state index in [0.29, 0.717) is 19.7 Å². The van der Waals surface area contributed by atoms with E-state index in [1.54, 1.807) is 12.0 Å². The number of para-hydroxylation sites is 1.